The number of hydrogen-bond donors (Lipinski definition) is 1. The van der Waals surface area contributed by atoms with Crippen LogP contribution in [0.4, 0.5) is 4.39 Å². The van der Waals surface area contributed by atoms with Gasteiger partial charge in [0, 0.05) is 17.6 Å². The third-order valence-electron chi connectivity index (χ3n) is 4.80. The summed E-state index contributed by atoms with van der Waals surface area (Å²) in [6.45, 7) is 2.26. The van der Waals surface area contributed by atoms with Gasteiger partial charge in [0.05, 0.1) is 23.5 Å². The molecule has 2 heterocycles. The molecule has 4 aromatic rings. The van der Waals surface area contributed by atoms with Gasteiger partial charge in [-0.1, -0.05) is 24.3 Å². The summed E-state index contributed by atoms with van der Waals surface area (Å²) in [4.78, 5) is 17.1. The molecule has 0 spiro atoms. The fourth-order valence-electron chi connectivity index (χ4n) is 3.35. The second kappa shape index (κ2) is 8.10. The molecular weight excluding hydrogens is 365 g/mol. The number of para-hydroxylation sites is 1. The zero-order valence-electron chi connectivity index (χ0n) is 16.0. The number of nitrogens with zero attached hydrogens (tertiary/aromatic N) is 2. The van der Waals surface area contributed by atoms with Crippen molar-refractivity contribution >= 4 is 5.91 Å². The van der Waals surface area contributed by atoms with E-state index in [1.54, 1.807) is 18.3 Å². The van der Waals surface area contributed by atoms with Crippen molar-refractivity contribution in [2.75, 3.05) is 0 Å². The largest absolute Gasteiger partial charge is 0.346 e. The van der Waals surface area contributed by atoms with Crippen molar-refractivity contribution in [3.05, 3.63) is 108 Å². The van der Waals surface area contributed by atoms with Gasteiger partial charge in [-0.25, -0.2) is 4.39 Å². The highest BCUT2D eigenvalue weighted by Gasteiger charge is 2.19. The summed E-state index contributed by atoms with van der Waals surface area (Å²) in [6.07, 6.45) is 1.70. The molecule has 4 rings (SSSR count). The second-order valence-corrected chi connectivity index (χ2v) is 6.71. The minimum absolute atomic E-state index is 0.175. The van der Waals surface area contributed by atoms with Gasteiger partial charge >= 0.3 is 0 Å². The Morgan fingerprint density at radius 1 is 1.00 bits per heavy atom. The maximum absolute atomic E-state index is 13.4. The molecule has 0 aliphatic heterocycles. The third-order valence-corrected chi connectivity index (χ3v) is 4.80. The summed E-state index contributed by atoms with van der Waals surface area (Å²) >= 11 is 0. The predicted molar refractivity (Wildman–Crippen MR) is 111 cm³/mol. The number of hydrogen-bond acceptors (Lipinski definition) is 2. The molecule has 1 amide bonds. The Morgan fingerprint density at radius 3 is 2.41 bits per heavy atom. The normalized spacial score (nSPS) is 10.7. The summed E-state index contributed by atoms with van der Waals surface area (Å²) < 4.78 is 15.4. The summed E-state index contributed by atoms with van der Waals surface area (Å²) in [6, 6.07) is 23.5. The molecule has 0 fully saturated rings. The number of aromatic nitrogens is 2. The summed E-state index contributed by atoms with van der Waals surface area (Å²) in [5.74, 6) is -0.470. The Balaban J connectivity index is 1.73. The molecule has 0 saturated heterocycles. The molecule has 0 aliphatic carbocycles. The van der Waals surface area contributed by atoms with E-state index in [4.69, 9.17) is 0 Å². The Kier molecular flexibility index (Phi) is 5.20. The van der Waals surface area contributed by atoms with E-state index in [1.165, 1.54) is 12.1 Å². The van der Waals surface area contributed by atoms with Gasteiger partial charge in [-0.05, 0) is 67.1 Å². The molecule has 0 bridgehead atoms. The van der Waals surface area contributed by atoms with Crippen LogP contribution in [0.15, 0.2) is 85.1 Å². The summed E-state index contributed by atoms with van der Waals surface area (Å²) in [5, 5.41) is 2.93. The van der Waals surface area contributed by atoms with E-state index >= 15 is 0 Å². The van der Waals surface area contributed by atoms with E-state index < -0.39 is 0 Å². The highest BCUT2D eigenvalue weighted by atomic mass is 19.1. The van der Waals surface area contributed by atoms with E-state index in [-0.39, 0.29) is 11.7 Å². The molecule has 5 heteroatoms. The molecule has 4 nitrogen and oxygen atoms in total. The van der Waals surface area contributed by atoms with Gasteiger partial charge in [0.2, 0.25) is 0 Å². The number of halogens is 1. The predicted octanol–water partition coefficient (Wildman–Crippen LogP) is 4.92. The standard InChI is InChI=1S/C24H20FN3O/c1-17-22(24(29)27-16-20-7-5-6-14-26-20)15-23(18-10-12-19(25)13-11-18)28(17)21-8-3-2-4-9-21/h2-15H,16H2,1H3,(H,27,29). The van der Waals surface area contributed by atoms with Crippen molar-refractivity contribution in [3.63, 3.8) is 0 Å². The van der Waals surface area contributed by atoms with Gasteiger partial charge in [0.1, 0.15) is 5.82 Å². The molecule has 2 aromatic heterocycles. The average Bonchev–Trinajstić information content (AvgIpc) is 3.11. The molecule has 0 unspecified atom stereocenters. The number of amides is 1. The fraction of sp³-hybridized carbons (Fsp3) is 0.0833. The van der Waals surface area contributed by atoms with Crippen LogP contribution < -0.4 is 5.32 Å². The van der Waals surface area contributed by atoms with Crippen LogP contribution in [0.1, 0.15) is 21.7 Å². The minimum Gasteiger partial charge on any atom is -0.346 e. The van der Waals surface area contributed by atoms with Crippen LogP contribution in [-0.4, -0.2) is 15.5 Å². The average molecular weight is 385 g/mol. The molecule has 0 atom stereocenters. The van der Waals surface area contributed by atoms with Crippen molar-refractivity contribution in [1.82, 2.24) is 14.9 Å². The van der Waals surface area contributed by atoms with Crippen molar-refractivity contribution in [2.24, 2.45) is 0 Å². The number of rotatable bonds is 5. The third kappa shape index (κ3) is 3.94. The molecule has 29 heavy (non-hydrogen) atoms. The maximum Gasteiger partial charge on any atom is 0.253 e. The highest BCUT2D eigenvalue weighted by molar-refractivity contribution is 5.97. The quantitative estimate of drug-likeness (QED) is 0.530. The lowest BCUT2D eigenvalue weighted by Gasteiger charge is -2.12. The Bertz CT molecular complexity index is 1120. The van der Waals surface area contributed by atoms with Gasteiger partial charge in [0.25, 0.3) is 5.91 Å². The summed E-state index contributed by atoms with van der Waals surface area (Å²) in [7, 11) is 0. The molecule has 144 valence electrons. The lowest BCUT2D eigenvalue weighted by Crippen LogP contribution is -2.23. The maximum atomic E-state index is 13.4. The van der Waals surface area contributed by atoms with Crippen LogP contribution in [-0.2, 0) is 6.54 Å². The van der Waals surface area contributed by atoms with Gasteiger partial charge in [0.15, 0.2) is 0 Å². The first-order valence-electron chi connectivity index (χ1n) is 9.35. The van der Waals surface area contributed by atoms with Crippen LogP contribution >= 0.6 is 0 Å². The first-order chi connectivity index (χ1) is 14.1. The Morgan fingerprint density at radius 2 is 1.72 bits per heavy atom. The van der Waals surface area contributed by atoms with Crippen LogP contribution in [0.25, 0.3) is 16.9 Å². The van der Waals surface area contributed by atoms with Gasteiger partial charge in [-0.2, -0.15) is 0 Å². The zero-order chi connectivity index (χ0) is 20.2. The first-order valence-corrected chi connectivity index (χ1v) is 9.35. The molecule has 0 saturated carbocycles. The topological polar surface area (TPSA) is 46.9 Å². The van der Waals surface area contributed by atoms with E-state index in [9.17, 15) is 9.18 Å². The fourth-order valence-corrected chi connectivity index (χ4v) is 3.35. The lowest BCUT2D eigenvalue weighted by atomic mass is 10.1. The number of carbonyl (C=O) groups excluding carboxylic acids is 1. The summed E-state index contributed by atoms with van der Waals surface area (Å²) in [5.41, 5.74) is 4.78. The second-order valence-electron chi connectivity index (χ2n) is 6.71. The highest BCUT2D eigenvalue weighted by Crippen LogP contribution is 2.29. The number of benzene rings is 2. The molecule has 0 aliphatic rings. The first kappa shape index (κ1) is 18.6. The SMILES string of the molecule is Cc1c(C(=O)NCc2ccccn2)cc(-c2ccc(F)cc2)n1-c1ccccc1. The van der Waals surface area contributed by atoms with Crippen LogP contribution in [0.2, 0.25) is 0 Å². The number of nitrogens with one attached hydrogen (secondary N) is 1. The lowest BCUT2D eigenvalue weighted by molar-refractivity contribution is 0.0950. The van der Waals surface area contributed by atoms with Crippen molar-refractivity contribution < 1.29 is 9.18 Å². The minimum atomic E-state index is -0.295. The molecular formula is C24H20FN3O. The molecule has 0 radical (unpaired) electrons. The van der Waals surface area contributed by atoms with E-state index in [1.807, 2.05) is 66.1 Å². The molecule has 2 aromatic carbocycles. The number of carbonyl (C=O) groups is 1. The van der Waals surface area contributed by atoms with Crippen molar-refractivity contribution in [2.45, 2.75) is 13.5 Å². The van der Waals surface area contributed by atoms with Gasteiger partial charge < -0.3 is 9.88 Å². The molecule has 1 N–H and O–H groups in total. The monoisotopic (exact) mass is 385 g/mol. The van der Waals surface area contributed by atoms with Crippen LogP contribution in [0.5, 0.6) is 0 Å². The van der Waals surface area contributed by atoms with Crippen molar-refractivity contribution in [3.8, 4) is 16.9 Å². The van der Waals surface area contributed by atoms with Gasteiger partial charge in [-0.15, -0.1) is 0 Å². The van der Waals surface area contributed by atoms with Crippen LogP contribution in [0, 0.1) is 12.7 Å². The smallest absolute Gasteiger partial charge is 0.253 e. The number of pyridine rings is 1. The van der Waals surface area contributed by atoms with E-state index in [0.717, 1.165) is 28.3 Å². The Labute approximate surface area is 168 Å². The van der Waals surface area contributed by atoms with Crippen LogP contribution in [0.3, 0.4) is 0 Å². The van der Waals surface area contributed by atoms with E-state index in [0.29, 0.717) is 12.1 Å². The van der Waals surface area contributed by atoms with Crippen molar-refractivity contribution in [1.29, 1.82) is 0 Å². The Hall–Kier alpha value is -3.73. The van der Waals surface area contributed by atoms with Gasteiger partial charge in [-0.3, -0.25) is 9.78 Å². The zero-order valence-corrected chi connectivity index (χ0v) is 16.0. The van der Waals surface area contributed by atoms with E-state index in [2.05, 4.69) is 10.3 Å².